The fourth-order valence-corrected chi connectivity index (χ4v) is 2.85. The Hall–Kier alpha value is -1.68. The topological polar surface area (TPSA) is 111 Å². The number of carbonyl (C=O) groups excluding carboxylic acids is 2. The molecule has 23 heavy (non-hydrogen) atoms. The molecule has 0 aromatic carbocycles. The first-order valence-electron chi connectivity index (χ1n) is 7.45. The SMILES string of the molecule is CC(C)(C)NC(=O)NC(=O)CSc1nnnn1C1CCOCC1. The van der Waals surface area contributed by atoms with Crippen LogP contribution in [0.25, 0.3) is 0 Å². The van der Waals surface area contributed by atoms with Crippen molar-refractivity contribution in [1.82, 2.24) is 30.8 Å². The zero-order valence-corrected chi connectivity index (χ0v) is 14.4. The summed E-state index contributed by atoms with van der Waals surface area (Å²) in [6.45, 7) is 6.89. The minimum Gasteiger partial charge on any atom is -0.381 e. The van der Waals surface area contributed by atoms with Gasteiger partial charge in [-0.1, -0.05) is 11.8 Å². The molecule has 0 unspecified atom stereocenters. The van der Waals surface area contributed by atoms with Crippen molar-refractivity contribution in [3.05, 3.63) is 0 Å². The van der Waals surface area contributed by atoms with Gasteiger partial charge in [0.25, 0.3) is 0 Å². The lowest BCUT2D eigenvalue weighted by Gasteiger charge is -2.22. The van der Waals surface area contributed by atoms with Crippen molar-refractivity contribution >= 4 is 23.7 Å². The van der Waals surface area contributed by atoms with E-state index < -0.39 is 17.5 Å². The minimum absolute atomic E-state index is 0.0706. The van der Waals surface area contributed by atoms with Crippen molar-refractivity contribution in [3.8, 4) is 0 Å². The lowest BCUT2D eigenvalue weighted by molar-refractivity contribution is -0.117. The Morgan fingerprint density at radius 3 is 2.70 bits per heavy atom. The first-order chi connectivity index (χ1) is 10.8. The number of hydrogen-bond acceptors (Lipinski definition) is 7. The van der Waals surface area contributed by atoms with Gasteiger partial charge in [-0.3, -0.25) is 10.1 Å². The lowest BCUT2D eigenvalue weighted by atomic mass is 10.1. The van der Waals surface area contributed by atoms with Crippen LogP contribution in [0.2, 0.25) is 0 Å². The molecule has 1 aliphatic rings. The lowest BCUT2D eigenvalue weighted by Crippen LogP contribution is -2.48. The molecule has 2 N–H and O–H groups in total. The molecule has 0 atom stereocenters. The second kappa shape index (κ2) is 7.73. The van der Waals surface area contributed by atoms with Crippen molar-refractivity contribution in [3.63, 3.8) is 0 Å². The number of nitrogens with one attached hydrogen (secondary N) is 2. The molecule has 128 valence electrons. The third-order valence-electron chi connectivity index (χ3n) is 3.07. The van der Waals surface area contributed by atoms with Gasteiger partial charge in [0.2, 0.25) is 11.1 Å². The molecule has 1 fully saturated rings. The van der Waals surface area contributed by atoms with Crippen molar-refractivity contribution in [2.45, 2.75) is 50.4 Å². The maximum Gasteiger partial charge on any atom is 0.321 e. The molecule has 0 aliphatic carbocycles. The number of thioether (sulfide) groups is 1. The fourth-order valence-electron chi connectivity index (χ4n) is 2.10. The highest BCUT2D eigenvalue weighted by molar-refractivity contribution is 7.99. The Balaban J connectivity index is 1.83. The van der Waals surface area contributed by atoms with Gasteiger partial charge in [0.05, 0.1) is 11.8 Å². The van der Waals surface area contributed by atoms with Gasteiger partial charge in [0.15, 0.2) is 0 Å². The minimum atomic E-state index is -0.507. The molecule has 3 amide bonds. The van der Waals surface area contributed by atoms with E-state index in [1.54, 1.807) is 4.68 Å². The molecule has 1 aromatic heterocycles. The average Bonchev–Trinajstić information content (AvgIpc) is 2.92. The van der Waals surface area contributed by atoms with Gasteiger partial charge in [-0.2, -0.15) is 0 Å². The van der Waals surface area contributed by atoms with Crippen LogP contribution in [0.1, 0.15) is 39.7 Å². The molecular formula is C13H22N6O3S. The quantitative estimate of drug-likeness (QED) is 0.776. The predicted octanol–water partition coefficient (Wildman–Crippen LogP) is 0.741. The van der Waals surface area contributed by atoms with Crippen LogP contribution in [-0.2, 0) is 9.53 Å². The highest BCUT2D eigenvalue weighted by Gasteiger charge is 2.22. The second-order valence-electron chi connectivity index (χ2n) is 6.29. The Labute approximate surface area is 138 Å². The van der Waals surface area contributed by atoms with E-state index in [4.69, 9.17) is 4.74 Å². The smallest absolute Gasteiger partial charge is 0.321 e. The number of nitrogens with zero attached hydrogens (tertiary/aromatic N) is 4. The molecule has 9 nitrogen and oxygen atoms in total. The van der Waals surface area contributed by atoms with E-state index in [2.05, 4.69) is 26.2 Å². The van der Waals surface area contributed by atoms with Crippen molar-refractivity contribution in [1.29, 1.82) is 0 Å². The first kappa shape index (κ1) is 17.7. The summed E-state index contributed by atoms with van der Waals surface area (Å²) in [5.74, 6) is -0.320. The van der Waals surface area contributed by atoms with Crippen LogP contribution in [0.5, 0.6) is 0 Å². The molecule has 1 saturated heterocycles. The Bertz CT molecular complexity index is 550. The Morgan fingerprint density at radius 1 is 1.35 bits per heavy atom. The zero-order chi connectivity index (χ0) is 16.9. The standard InChI is InChI=1S/C13H22N6O3S/c1-13(2,3)15-11(21)14-10(20)8-23-12-16-17-18-19(12)9-4-6-22-7-5-9/h9H,4-8H2,1-3H3,(H2,14,15,20,21). The molecular weight excluding hydrogens is 320 g/mol. The molecule has 0 spiro atoms. The maximum absolute atomic E-state index is 11.8. The van der Waals surface area contributed by atoms with Crippen LogP contribution in [-0.4, -0.2) is 56.7 Å². The molecule has 0 bridgehead atoms. The molecule has 10 heteroatoms. The summed E-state index contributed by atoms with van der Waals surface area (Å²) in [7, 11) is 0. The van der Waals surface area contributed by atoms with Crippen LogP contribution in [0, 0.1) is 0 Å². The highest BCUT2D eigenvalue weighted by Crippen LogP contribution is 2.24. The number of carbonyl (C=O) groups is 2. The number of aromatic nitrogens is 4. The predicted molar refractivity (Wildman–Crippen MR) is 84.1 cm³/mol. The summed E-state index contributed by atoms with van der Waals surface area (Å²) in [4.78, 5) is 23.5. The summed E-state index contributed by atoms with van der Waals surface area (Å²) in [6, 6.07) is -0.319. The van der Waals surface area contributed by atoms with E-state index >= 15 is 0 Å². The van der Waals surface area contributed by atoms with Gasteiger partial charge >= 0.3 is 6.03 Å². The average molecular weight is 342 g/mol. The highest BCUT2D eigenvalue weighted by atomic mass is 32.2. The van der Waals surface area contributed by atoms with E-state index in [1.165, 1.54) is 11.8 Å². The third-order valence-corrected chi connectivity index (χ3v) is 4.01. The van der Waals surface area contributed by atoms with Gasteiger partial charge in [0.1, 0.15) is 0 Å². The summed E-state index contributed by atoms with van der Waals surface area (Å²) < 4.78 is 7.05. The van der Waals surface area contributed by atoms with E-state index in [9.17, 15) is 9.59 Å². The van der Waals surface area contributed by atoms with Crippen molar-refractivity contribution < 1.29 is 14.3 Å². The van der Waals surface area contributed by atoms with E-state index in [-0.39, 0.29) is 11.8 Å². The number of ether oxygens (including phenoxy) is 1. The van der Waals surface area contributed by atoms with Crippen LogP contribution >= 0.6 is 11.8 Å². The van der Waals surface area contributed by atoms with Gasteiger partial charge in [-0.05, 0) is 44.0 Å². The van der Waals surface area contributed by atoms with E-state index in [1.807, 2.05) is 20.8 Å². The molecule has 1 aromatic rings. The first-order valence-corrected chi connectivity index (χ1v) is 8.44. The zero-order valence-electron chi connectivity index (χ0n) is 13.5. The summed E-state index contributed by atoms with van der Waals surface area (Å²) in [5.41, 5.74) is -0.398. The fraction of sp³-hybridized carbons (Fsp3) is 0.769. The normalized spacial score (nSPS) is 16.1. The van der Waals surface area contributed by atoms with Gasteiger partial charge in [-0.25, -0.2) is 9.48 Å². The number of hydrogen-bond donors (Lipinski definition) is 2. The Morgan fingerprint density at radius 2 is 2.04 bits per heavy atom. The van der Waals surface area contributed by atoms with Crippen LogP contribution in [0.3, 0.4) is 0 Å². The van der Waals surface area contributed by atoms with Gasteiger partial charge in [0, 0.05) is 18.8 Å². The maximum atomic E-state index is 11.8. The summed E-state index contributed by atoms with van der Waals surface area (Å²) in [5, 5.41) is 17.1. The third kappa shape index (κ3) is 5.79. The van der Waals surface area contributed by atoms with Crippen molar-refractivity contribution in [2.75, 3.05) is 19.0 Å². The van der Waals surface area contributed by atoms with Gasteiger partial charge < -0.3 is 10.1 Å². The van der Waals surface area contributed by atoms with Crippen LogP contribution in [0.4, 0.5) is 4.79 Å². The summed E-state index contributed by atoms with van der Waals surface area (Å²) in [6.07, 6.45) is 1.69. The molecule has 1 aliphatic heterocycles. The van der Waals surface area contributed by atoms with Crippen LogP contribution in [0.15, 0.2) is 5.16 Å². The van der Waals surface area contributed by atoms with E-state index in [0.29, 0.717) is 18.4 Å². The molecule has 2 rings (SSSR count). The number of amides is 3. The van der Waals surface area contributed by atoms with Gasteiger partial charge in [-0.15, -0.1) is 5.10 Å². The van der Waals surface area contributed by atoms with E-state index in [0.717, 1.165) is 12.8 Å². The molecule has 0 radical (unpaired) electrons. The molecule has 2 heterocycles. The number of tetrazole rings is 1. The van der Waals surface area contributed by atoms with Crippen molar-refractivity contribution in [2.24, 2.45) is 0 Å². The second-order valence-corrected chi connectivity index (χ2v) is 7.23. The molecule has 0 saturated carbocycles. The number of urea groups is 1. The number of rotatable bonds is 4. The largest absolute Gasteiger partial charge is 0.381 e. The number of imide groups is 1. The Kier molecular flexibility index (Phi) is 5.94. The van der Waals surface area contributed by atoms with Crippen LogP contribution < -0.4 is 10.6 Å². The monoisotopic (exact) mass is 342 g/mol. The summed E-state index contributed by atoms with van der Waals surface area (Å²) >= 11 is 1.21.